The molecule has 1 unspecified atom stereocenters. The Balaban J connectivity index is 1.65. The highest BCUT2D eigenvalue weighted by molar-refractivity contribution is 9.10. The first-order valence-corrected chi connectivity index (χ1v) is 9.82. The molecule has 1 heterocycles. The smallest absolute Gasteiger partial charge is 0.263 e. The highest BCUT2D eigenvalue weighted by Gasteiger charge is 2.24. The number of ether oxygens (including phenoxy) is 1. The molecule has 28 heavy (non-hydrogen) atoms. The molecule has 146 valence electrons. The summed E-state index contributed by atoms with van der Waals surface area (Å²) in [4.78, 5) is 18.7. The van der Waals surface area contributed by atoms with Crippen LogP contribution in [0.15, 0.2) is 57.5 Å². The molecule has 0 fully saturated rings. The van der Waals surface area contributed by atoms with E-state index >= 15 is 0 Å². The lowest BCUT2D eigenvalue weighted by Gasteiger charge is -2.22. The lowest BCUT2D eigenvalue weighted by Crippen LogP contribution is -2.39. The van der Waals surface area contributed by atoms with Crippen molar-refractivity contribution < 1.29 is 14.1 Å². The minimum Gasteiger partial charge on any atom is -0.481 e. The number of amides is 1. The van der Waals surface area contributed by atoms with Gasteiger partial charge in [-0.15, -0.1) is 0 Å². The average molecular weight is 444 g/mol. The van der Waals surface area contributed by atoms with Gasteiger partial charge >= 0.3 is 0 Å². The Bertz CT molecular complexity index is 940. The topological polar surface area (TPSA) is 68.5 Å². The van der Waals surface area contributed by atoms with Crippen molar-refractivity contribution >= 4 is 21.8 Å². The Hall–Kier alpha value is -2.67. The van der Waals surface area contributed by atoms with Gasteiger partial charge in [0.25, 0.3) is 5.91 Å². The van der Waals surface area contributed by atoms with Crippen LogP contribution >= 0.6 is 15.9 Å². The molecule has 0 radical (unpaired) electrons. The number of halogens is 1. The molecule has 6 nitrogen and oxygen atoms in total. The Kier molecular flexibility index (Phi) is 6.46. The summed E-state index contributed by atoms with van der Waals surface area (Å²) in [6, 6.07) is 15.3. The minimum atomic E-state index is -0.569. The van der Waals surface area contributed by atoms with Crippen molar-refractivity contribution in [3.8, 4) is 17.1 Å². The molecule has 0 aliphatic rings. The first-order chi connectivity index (χ1) is 13.5. The summed E-state index contributed by atoms with van der Waals surface area (Å²) in [7, 11) is 1.70. The second-order valence-electron chi connectivity index (χ2n) is 6.54. The molecule has 0 saturated heterocycles. The van der Waals surface area contributed by atoms with Crippen molar-refractivity contribution in [3.63, 3.8) is 0 Å². The predicted molar refractivity (Wildman–Crippen MR) is 110 cm³/mol. The molecule has 0 saturated carbocycles. The van der Waals surface area contributed by atoms with Gasteiger partial charge in [-0.2, -0.15) is 4.98 Å². The molecule has 3 aromatic rings. The van der Waals surface area contributed by atoms with E-state index in [1.165, 1.54) is 0 Å². The summed E-state index contributed by atoms with van der Waals surface area (Å²) in [5.74, 6) is 1.40. The fourth-order valence-electron chi connectivity index (χ4n) is 2.68. The highest BCUT2D eigenvalue weighted by Crippen LogP contribution is 2.21. The monoisotopic (exact) mass is 443 g/mol. The van der Waals surface area contributed by atoms with Crippen LogP contribution in [0, 0.1) is 6.92 Å². The fourth-order valence-corrected chi connectivity index (χ4v) is 3.08. The van der Waals surface area contributed by atoms with Gasteiger partial charge in [0.1, 0.15) is 5.75 Å². The van der Waals surface area contributed by atoms with Gasteiger partial charge in [0, 0.05) is 17.1 Å². The van der Waals surface area contributed by atoms with Crippen molar-refractivity contribution in [1.82, 2.24) is 15.0 Å². The molecular weight excluding hydrogens is 422 g/mol. The van der Waals surface area contributed by atoms with Crippen LogP contribution in [0.4, 0.5) is 0 Å². The standard InChI is InChI=1S/C21H22BrN3O3/c1-4-18(27-17-10-8-14(2)9-11-17)21(26)25(3)13-19-23-20(24-28-19)15-6-5-7-16(22)12-15/h5-12,18H,4,13H2,1-3H3. The maximum atomic E-state index is 12.8. The number of likely N-dealkylation sites (N-methyl/N-ethyl adjacent to an activating group) is 1. The van der Waals surface area contributed by atoms with Gasteiger partial charge in [-0.05, 0) is 37.6 Å². The third-order valence-electron chi connectivity index (χ3n) is 4.25. The molecule has 1 atom stereocenters. The average Bonchev–Trinajstić information content (AvgIpc) is 3.15. The van der Waals surface area contributed by atoms with Crippen molar-refractivity contribution in [1.29, 1.82) is 0 Å². The van der Waals surface area contributed by atoms with E-state index in [0.29, 0.717) is 23.9 Å². The quantitative estimate of drug-likeness (QED) is 0.532. The van der Waals surface area contributed by atoms with Gasteiger partial charge in [0.2, 0.25) is 11.7 Å². The van der Waals surface area contributed by atoms with E-state index in [-0.39, 0.29) is 12.5 Å². The van der Waals surface area contributed by atoms with Crippen molar-refractivity contribution in [3.05, 3.63) is 64.5 Å². The van der Waals surface area contributed by atoms with Gasteiger partial charge in [-0.3, -0.25) is 4.79 Å². The van der Waals surface area contributed by atoms with Gasteiger partial charge in [0.15, 0.2) is 6.10 Å². The molecule has 7 heteroatoms. The Labute approximate surface area is 172 Å². The van der Waals surface area contributed by atoms with Crippen LogP contribution < -0.4 is 4.74 Å². The van der Waals surface area contributed by atoms with E-state index in [2.05, 4.69) is 26.1 Å². The molecule has 0 aliphatic carbocycles. The zero-order valence-electron chi connectivity index (χ0n) is 16.1. The number of carbonyl (C=O) groups excluding carboxylic acids is 1. The maximum absolute atomic E-state index is 12.8. The van der Waals surface area contributed by atoms with Crippen LogP contribution in [0.2, 0.25) is 0 Å². The van der Waals surface area contributed by atoms with Crippen LogP contribution in [0.25, 0.3) is 11.4 Å². The van der Waals surface area contributed by atoms with Crippen molar-refractivity contribution in [2.75, 3.05) is 7.05 Å². The molecule has 0 spiro atoms. The van der Waals surface area contributed by atoms with E-state index in [9.17, 15) is 4.79 Å². The molecule has 0 bridgehead atoms. The predicted octanol–water partition coefficient (Wildman–Crippen LogP) is 4.62. The van der Waals surface area contributed by atoms with E-state index in [4.69, 9.17) is 9.26 Å². The lowest BCUT2D eigenvalue weighted by atomic mass is 10.2. The molecule has 0 aliphatic heterocycles. The van der Waals surface area contributed by atoms with Gasteiger partial charge < -0.3 is 14.2 Å². The number of hydrogen-bond acceptors (Lipinski definition) is 5. The van der Waals surface area contributed by atoms with Gasteiger partial charge in [-0.1, -0.05) is 57.8 Å². The number of carbonyl (C=O) groups is 1. The third-order valence-corrected chi connectivity index (χ3v) is 4.74. The second-order valence-corrected chi connectivity index (χ2v) is 7.46. The molecule has 1 aromatic heterocycles. The second kappa shape index (κ2) is 9.01. The molecule has 3 rings (SSSR count). The molecule has 0 N–H and O–H groups in total. The van der Waals surface area contributed by atoms with Gasteiger partial charge in [0.05, 0.1) is 6.54 Å². The largest absolute Gasteiger partial charge is 0.481 e. The van der Waals surface area contributed by atoms with E-state index < -0.39 is 6.10 Å². The summed E-state index contributed by atoms with van der Waals surface area (Å²) in [5, 5.41) is 4.00. The zero-order valence-corrected chi connectivity index (χ0v) is 17.6. The van der Waals surface area contributed by atoms with E-state index in [1.54, 1.807) is 11.9 Å². The molecular formula is C21H22BrN3O3. The van der Waals surface area contributed by atoms with Crippen LogP contribution in [0.1, 0.15) is 24.8 Å². The Morgan fingerprint density at radius 3 is 2.68 bits per heavy atom. The number of hydrogen-bond donors (Lipinski definition) is 0. The minimum absolute atomic E-state index is 0.134. The number of aromatic nitrogens is 2. The third kappa shape index (κ3) is 4.98. The highest BCUT2D eigenvalue weighted by atomic mass is 79.9. The number of benzene rings is 2. The van der Waals surface area contributed by atoms with Crippen LogP contribution in [0.3, 0.4) is 0 Å². The summed E-state index contributed by atoms with van der Waals surface area (Å²) < 4.78 is 12.1. The summed E-state index contributed by atoms with van der Waals surface area (Å²) in [6.07, 6.45) is -0.00958. The summed E-state index contributed by atoms with van der Waals surface area (Å²) >= 11 is 3.43. The normalized spacial score (nSPS) is 11.9. The van der Waals surface area contributed by atoms with E-state index in [0.717, 1.165) is 15.6 Å². The first-order valence-electron chi connectivity index (χ1n) is 9.03. The first kappa shape index (κ1) is 20.1. The molecule has 2 aromatic carbocycles. The van der Waals surface area contributed by atoms with Crippen LogP contribution in [-0.2, 0) is 11.3 Å². The summed E-state index contributed by atoms with van der Waals surface area (Å²) in [6.45, 7) is 4.14. The van der Waals surface area contributed by atoms with Crippen LogP contribution in [-0.4, -0.2) is 34.1 Å². The van der Waals surface area contributed by atoms with Gasteiger partial charge in [-0.25, -0.2) is 0 Å². The fraction of sp³-hybridized carbons (Fsp3) is 0.286. The van der Waals surface area contributed by atoms with Crippen molar-refractivity contribution in [2.24, 2.45) is 0 Å². The SMILES string of the molecule is CCC(Oc1ccc(C)cc1)C(=O)N(C)Cc1nc(-c2cccc(Br)c2)no1. The van der Waals surface area contributed by atoms with Crippen LogP contribution in [0.5, 0.6) is 5.75 Å². The Morgan fingerprint density at radius 1 is 1.25 bits per heavy atom. The number of nitrogens with zero attached hydrogens (tertiary/aromatic N) is 3. The maximum Gasteiger partial charge on any atom is 0.263 e. The zero-order chi connectivity index (χ0) is 20.1. The lowest BCUT2D eigenvalue weighted by molar-refractivity contribution is -0.138. The van der Waals surface area contributed by atoms with E-state index in [1.807, 2.05) is 62.4 Å². The number of rotatable bonds is 7. The summed E-state index contributed by atoms with van der Waals surface area (Å²) in [5.41, 5.74) is 1.98. The molecule has 1 amide bonds. The van der Waals surface area contributed by atoms with Crippen molar-refractivity contribution in [2.45, 2.75) is 32.9 Å². The number of aryl methyl sites for hydroxylation is 1. The Morgan fingerprint density at radius 2 is 2.00 bits per heavy atom.